The molecule has 2 aromatic carbocycles. The number of carbonyl (C=O) groups excluding carboxylic acids is 2. The molecule has 2 heterocycles. The normalized spacial score (nSPS) is 16.1. The molecular weight excluding hydrogens is 465 g/mol. The van der Waals surface area contributed by atoms with E-state index in [-0.39, 0.29) is 35.5 Å². The number of amides is 2. The highest BCUT2D eigenvalue weighted by Gasteiger charge is 2.35. The van der Waals surface area contributed by atoms with Crippen molar-refractivity contribution < 1.29 is 32.0 Å². The second kappa shape index (κ2) is 10.2. The Morgan fingerprint density at radius 2 is 1.94 bits per heavy atom. The summed E-state index contributed by atoms with van der Waals surface area (Å²) < 4.78 is 51.6. The molecule has 4 rings (SSSR count). The molecule has 35 heavy (non-hydrogen) atoms. The van der Waals surface area contributed by atoms with Crippen LogP contribution in [0.3, 0.4) is 0 Å². The third-order valence-electron chi connectivity index (χ3n) is 5.55. The summed E-state index contributed by atoms with van der Waals surface area (Å²) in [6, 6.07) is 11.8. The van der Waals surface area contributed by atoms with Gasteiger partial charge >= 0.3 is 6.18 Å². The molecule has 0 saturated carbocycles. The largest absolute Gasteiger partial charge is 0.484 e. The summed E-state index contributed by atoms with van der Waals surface area (Å²) in [6.45, 7) is 1.44. The van der Waals surface area contributed by atoms with Gasteiger partial charge in [0, 0.05) is 19.0 Å². The number of benzene rings is 2. The number of nitrogens with one attached hydrogen (secondary N) is 1. The standard InChI is InChI=1S/C24H23F3N4O4/c1-15(32)28-19-11-10-16(13-18(19)24(25,26)27)22-29-23(35-30-22)20-9-5-6-12-31(20)21(33)14-34-17-7-3-2-4-8-17/h2-4,7-8,10-11,13,20H,5-6,9,12,14H2,1H3,(H,28,32). The van der Waals surface area contributed by atoms with Crippen molar-refractivity contribution >= 4 is 17.5 Å². The maximum Gasteiger partial charge on any atom is 0.418 e. The Morgan fingerprint density at radius 3 is 2.66 bits per heavy atom. The minimum absolute atomic E-state index is 0.0432. The molecule has 1 aliphatic rings. The van der Waals surface area contributed by atoms with E-state index in [2.05, 4.69) is 15.5 Å². The Bertz CT molecular complexity index is 1200. The lowest BCUT2D eigenvalue weighted by Crippen LogP contribution is -2.41. The van der Waals surface area contributed by atoms with Crippen molar-refractivity contribution in [3.05, 3.63) is 60.0 Å². The summed E-state index contributed by atoms with van der Waals surface area (Å²) >= 11 is 0. The lowest BCUT2D eigenvalue weighted by atomic mass is 10.0. The van der Waals surface area contributed by atoms with Crippen LogP contribution in [0.1, 0.15) is 43.7 Å². The first-order chi connectivity index (χ1) is 16.7. The molecule has 1 aliphatic heterocycles. The highest BCUT2D eigenvalue weighted by Crippen LogP contribution is 2.38. The maximum atomic E-state index is 13.6. The van der Waals surface area contributed by atoms with Crippen molar-refractivity contribution in [1.82, 2.24) is 15.0 Å². The number of ether oxygens (including phenoxy) is 1. The Balaban J connectivity index is 1.54. The predicted octanol–water partition coefficient (Wildman–Crippen LogP) is 4.85. The molecule has 0 aliphatic carbocycles. The van der Waals surface area contributed by atoms with Crippen LogP contribution in [-0.4, -0.2) is 40.0 Å². The maximum absolute atomic E-state index is 13.6. The zero-order chi connectivity index (χ0) is 25.0. The van der Waals surface area contributed by atoms with E-state index in [9.17, 15) is 22.8 Å². The smallest absolute Gasteiger partial charge is 0.418 e. The van der Waals surface area contributed by atoms with E-state index >= 15 is 0 Å². The van der Waals surface area contributed by atoms with E-state index in [1.807, 2.05) is 6.07 Å². The molecule has 0 spiro atoms. The molecule has 1 saturated heterocycles. The van der Waals surface area contributed by atoms with Crippen molar-refractivity contribution in [2.45, 2.75) is 38.4 Å². The number of piperidine rings is 1. The number of para-hydroxylation sites is 1. The quantitative estimate of drug-likeness (QED) is 0.533. The second-order valence-electron chi connectivity index (χ2n) is 8.10. The molecule has 184 valence electrons. The second-order valence-corrected chi connectivity index (χ2v) is 8.10. The summed E-state index contributed by atoms with van der Waals surface area (Å²) in [7, 11) is 0. The summed E-state index contributed by atoms with van der Waals surface area (Å²) in [5, 5.41) is 6.03. The van der Waals surface area contributed by atoms with E-state index < -0.39 is 23.7 Å². The first-order valence-corrected chi connectivity index (χ1v) is 11.0. The number of aromatic nitrogens is 2. The van der Waals surface area contributed by atoms with Crippen LogP contribution < -0.4 is 10.1 Å². The number of halogens is 3. The van der Waals surface area contributed by atoms with Gasteiger partial charge in [-0.3, -0.25) is 9.59 Å². The van der Waals surface area contributed by atoms with Gasteiger partial charge in [0.15, 0.2) is 6.61 Å². The van der Waals surface area contributed by atoms with Crippen LogP contribution >= 0.6 is 0 Å². The van der Waals surface area contributed by atoms with Gasteiger partial charge in [-0.05, 0) is 49.6 Å². The average Bonchev–Trinajstić information content (AvgIpc) is 3.32. The highest BCUT2D eigenvalue weighted by molar-refractivity contribution is 5.90. The number of nitrogens with zero attached hydrogens (tertiary/aromatic N) is 3. The zero-order valence-corrected chi connectivity index (χ0v) is 18.8. The topological polar surface area (TPSA) is 97.6 Å². The van der Waals surface area contributed by atoms with E-state index in [0.29, 0.717) is 18.7 Å². The van der Waals surface area contributed by atoms with Crippen molar-refractivity contribution in [2.75, 3.05) is 18.5 Å². The van der Waals surface area contributed by atoms with Crippen LogP contribution in [0, 0.1) is 0 Å². The Morgan fingerprint density at radius 1 is 1.17 bits per heavy atom. The molecular formula is C24H23F3N4O4. The minimum atomic E-state index is -4.70. The van der Waals surface area contributed by atoms with Crippen LogP contribution in [0.15, 0.2) is 53.1 Å². The summed E-state index contributed by atoms with van der Waals surface area (Å²) in [5.41, 5.74) is -1.31. The van der Waals surface area contributed by atoms with Crippen molar-refractivity contribution in [2.24, 2.45) is 0 Å². The minimum Gasteiger partial charge on any atom is -0.484 e. The van der Waals surface area contributed by atoms with Gasteiger partial charge in [0.05, 0.1) is 11.3 Å². The predicted molar refractivity (Wildman–Crippen MR) is 119 cm³/mol. The number of rotatable bonds is 6. The molecule has 0 bridgehead atoms. The van der Waals surface area contributed by atoms with Crippen LogP contribution in [0.2, 0.25) is 0 Å². The zero-order valence-electron chi connectivity index (χ0n) is 18.8. The fourth-order valence-electron chi connectivity index (χ4n) is 3.94. The van der Waals surface area contributed by atoms with Gasteiger partial charge in [0.2, 0.25) is 17.6 Å². The van der Waals surface area contributed by atoms with Crippen LogP contribution in [-0.2, 0) is 15.8 Å². The van der Waals surface area contributed by atoms with E-state index in [1.165, 1.54) is 6.07 Å². The van der Waals surface area contributed by atoms with Crippen molar-refractivity contribution in [1.29, 1.82) is 0 Å². The van der Waals surface area contributed by atoms with Crippen LogP contribution in [0.5, 0.6) is 5.75 Å². The molecule has 2 amide bonds. The lowest BCUT2D eigenvalue weighted by molar-refractivity contribution is -0.138. The molecule has 0 radical (unpaired) electrons. The highest BCUT2D eigenvalue weighted by atomic mass is 19.4. The summed E-state index contributed by atoms with van der Waals surface area (Å²) in [4.78, 5) is 30.0. The molecule has 1 atom stereocenters. The van der Waals surface area contributed by atoms with Gasteiger partial charge in [0.1, 0.15) is 11.8 Å². The monoisotopic (exact) mass is 488 g/mol. The van der Waals surface area contributed by atoms with Gasteiger partial charge in [-0.1, -0.05) is 23.4 Å². The molecule has 1 N–H and O–H groups in total. The van der Waals surface area contributed by atoms with Crippen molar-refractivity contribution in [3.8, 4) is 17.1 Å². The first kappa shape index (κ1) is 24.2. The fourth-order valence-corrected chi connectivity index (χ4v) is 3.94. The fraction of sp³-hybridized carbons (Fsp3) is 0.333. The van der Waals surface area contributed by atoms with Gasteiger partial charge in [-0.15, -0.1) is 0 Å². The number of carbonyl (C=O) groups is 2. The average molecular weight is 488 g/mol. The molecule has 1 unspecified atom stereocenters. The van der Waals surface area contributed by atoms with Gasteiger partial charge < -0.3 is 19.5 Å². The van der Waals surface area contributed by atoms with Gasteiger partial charge in [-0.2, -0.15) is 18.2 Å². The van der Waals surface area contributed by atoms with E-state index in [0.717, 1.165) is 31.9 Å². The Labute approximate surface area is 199 Å². The SMILES string of the molecule is CC(=O)Nc1ccc(-c2noc(C3CCCCN3C(=O)COc3ccccc3)n2)cc1C(F)(F)F. The lowest BCUT2D eigenvalue weighted by Gasteiger charge is -2.33. The van der Waals surface area contributed by atoms with Crippen LogP contribution in [0.25, 0.3) is 11.4 Å². The van der Waals surface area contributed by atoms with E-state index in [1.54, 1.807) is 29.2 Å². The molecule has 11 heteroatoms. The summed E-state index contributed by atoms with van der Waals surface area (Å²) in [6.07, 6.45) is -2.50. The Kier molecular flexibility index (Phi) is 7.04. The van der Waals surface area contributed by atoms with Gasteiger partial charge in [-0.25, -0.2) is 0 Å². The molecule has 3 aromatic rings. The van der Waals surface area contributed by atoms with E-state index in [4.69, 9.17) is 9.26 Å². The first-order valence-electron chi connectivity index (χ1n) is 11.0. The third-order valence-corrected chi connectivity index (χ3v) is 5.55. The number of likely N-dealkylation sites (tertiary alicyclic amines) is 1. The van der Waals surface area contributed by atoms with Gasteiger partial charge in [0.25, 0.3) is 5.91 Å². The van der Waals surface area contributed by atoms with Crippen LogP contribution in [0.4, 0.5) is 18.9 Å². The number of hydrogen-bond donors (Lipinski definition) is 1. The molecule has 1 aromatic heterocycles. The third kappa shape index (κ3) is 5.79. The number of anilines is 1. The number of hydrogen-bond acceptors (Lipinski definition) is 6. The molecule has 1 fully saturated rings. The number of alkyl halides is 3. The summed E-state index contributed by atoms with van der Waals surface area (Å²) in [5.74, 6) is -0.205. The Hall–Kier alpha value is -3.89. The van der Waals surface area contributed by atoms with Crippen molar-refractivity contribution in [3.63, 3.8) is 0 Å². The molecule has 8 nitrogen and oxygen atoms in total.